The molecule has 1 fully saturated rings. The van der Waals surface area contributed by atoms with Crippen LogP contribution in [-0.2, 0) is 0 Å². The van der Waals surface area contributed by atoms with Crippen molar-refractivity contribution < 1.29 is 0 Å². The average molecular weight is 254 g/mol. The van der Waals surface area contributed by atoms with E-state index in [-0.39, 0.29) is 0 Å². The molecule has 0 amide bonds. The van der Waals surface area contributed by atoms with Crippen LogP contribution in [0.4, 0.5) is 0 Å². The van der Waals surface area contributed by atoms with Crippen molar-refractivity contribution >= 4 is 0 Å². The molecule has 108 valence electrons. The van der Waals surface area contributed by atoms with Crippen molar-refractivity contribution in [3.05, 3.63) is 0 Å². The molecule has 1 rings (SSSR count). The molecule has 0 bridgehead atoms. The Bertz CT molecular complexity index is 184. The number of nitrogens with zero attached hydrogens (tertiary/aromatic N) is 1. The van der Waals surface area contributed by atoms with Crippen LogP contribution in [0.2, 0.25) is 0 Å². The van der Waals surface area contributed by atoms with E-state index < -0.39 is 0 Å². The summed E-state index contributed by atoms with van der Waals surface area (Å²) in [6, 6.07) is 1.50. The Morgan fingerprint density at radius 3 is 2.22 bits per heavy atom. The maximum Gasteiger partial charge on any atom is 0.00670 e. The third-order valence-corrected chi connectivity index (χ3v) is 4.36. The third-order valence-electron chi connectivity index (χ3n) is 4.36. The minimum Gasteiger partial charge on any atom is -0.314 e. The SMILES string of the molecule is CC(C)N(C)CCCCNC1CCCCCCC1. The molecule has 1 N–H and O–H groups in total. The molecular formula is C16H34N2. The molecule has 0 aromatic carbocycles. The van der Waals surface area contributed by atoms with E-state index >= 15 is 0 Å². The second-order valence-electron chi connectivity index (χ2n) is 6.28. The smallest absolute Gasteiger partial charge is 0.00670 e. The summed E-state index contributed by atoms with van der Waals surface area (Å²) in [5, 5.41) is 3.77. The number of hydrogen-bond acceptors (Lipinski definition) is 2. The van der Waals surface area contributed by atoms with Gasteiger partial charge in [0.15, 0.2) is 0 Å². The Morgan fingerprint density at radius 1 is 1.00 bits per heavy atom. The average Bonchev–Trinajstić information content (AvgIpc) is 2.30. The minimum absolute atomic E-state index is 0.684. The van der Waals surface area contributed by atoms with Gasteiger partial charge in [0.2, 0.25) is 0 Å². The summed E-state index contributed by atoms with van der Waals surface area (Å²) in [7, 11) is 2.23. The van der Waals surface area contributed by atoms with E-state index in [1.807, 2.05) is 0 Å². The van der Waals surface area contributed by atoms with Crippen molar-refractivity contribution in [2.24, 2.45) is 0 Å². The van der Waals surface area contributed by atoms with Gasteiger partial charge in [0.05, 0.1) is 0 Å². The summed E-state index contributed by atoms with van der Waals surface area (Å²) >= 11 is 0. The highest BCUT2D eigenvalue weighted by Crippen LogP contribution is 2.17. The lowest BCUT2D eigenvalue weighted by atomic mass is 9.97. The normalized spacial score (nSPS) is 19.2. The molecule has 0 saturated heterocycles. The molecule has 0 aromatic heterocycles. The lowest BCUT2D eigenvalue weighted by Crippen LogP contribution is -2.31. The molecule has 0 spiro atoms. The number of rotatable bonds is 7. The predicted molar refractivity (Wildman–Crippen MR) is 81.1 cm³/mol. The summed E-state index contributed by atoms with van der Waals surface area (Å²) in [5.74, 6) is 0. The van der Waals surface area contributed by atoms with Gasteiger partial charge in [-0.25, -0.2) is 0 Å². The fourth-order valence-electron chi connectivity index (χ4n) is 2.71. The quantitative estimate of drug-likeness (QED) is 0.695. The summed E-state index contributed by atoms with van der Waals surface area (Å²) < 4.78 is 0. The fraction of sp³-hybridized carbons (Fsp3) is 1.00. The van der Waals surface area contributed by atoms with Crippen molar-refractivity contribution in [2.75, 3.05) is 20.1 Å². The maximum absolute atomic E-state index is 3.77. The topological polar surface area (TPSA) is 15.3 Å². The van der Waals surface area contributed by atoms with E-state index in [4.69, 9.17) is 0 Å². The molecule has 0 unspecified atom stereocenters. The molecule has 0 aliphatic heterocycles. The molecule has 1 aliphatic carbocycles. The molecule has 0 aromatic rings. The van der Waals surface area contributed by atoms with Gasteiger partial charge in [-0.05, 0) is 59.7 Å². The van der Waals surface area contributed by atoms with Gasteiger partial charge >= 0.3 is 0 Å². The van der Waals surface area contributed by atoms with Gasteiger partial charge in [-0.3, -0.25) is 0 Å². The summed E-state index contributed by atoms with van der Waals surface area (Å²) in [4.78, 5) is 2.44. The molecule has 2 nitrogen and oxygen atoms in total. The first-order valence-corrected chi connectivity index (χ1v) is 8.14. The molecule has 1 aliphatic rings. The van der Waals surface area contributed by atoms with Gasteiger partial charge in [0.25, 0.3) is 0 Å². The lowest BCUT2D eigenvalue weighted by molar-refractivity contribution is 0.266. The van der Waals surface area contributed by atoms with Gasteiger partial charge in [-0.1, -0.05) is 32.1 Å². The first-order chi connectivity index (χ1) is 8.70. The minimum atomic E-state index is 0.684. The van der Waals surface area contributed by atoms with E-state index in [2.05, 4.69) is 31.1 Å². The molecule has 0 atom stereocenters. The third kappa shape index (κ3) is 7.38. The van der Waals surface area contributed by atoms with E-state index in [9.17, 15) is 0 Å². The Morgan fingerprint density at radius 2 is 1.61 bits per heavy atom. The highest BCUT2D eigenvalue weighted by Gasteiger charge is 2.10. The summed E-state index contributed by atoms with van der Waals surface area (Å²) in [6.07, 6.45) is 12.7. The van der Waals surface area contributed by atoms with Crippen molar-refractivity contribution in [3.8, 4) is 0 Å². The van der Waals surface area contributed by atoms with Gasteiger partial charge in [-0.15, -0.1) is 0 Å². The zero-order valence-electron chi connectivity index (χ0n) is 12.9. The summed E-state index contributed by atoms with van der Waals surface area (Å²) in [5.41, 5.74) is 0. The van der Waals surface area contributed by atoms with E-state index in [0.717, 1.165) is 6.04 Å². The molecule has 2 heteroatoms. The van der Waals surface area contributed by atoms with Crippen LogP contribution in [0.15, 0.2) is 0 Å². The molecule has 18 heavy (non-hydrogen) atoms. The van der Waals surface area contributed by atoms with Gasteiger partial charge in [-0.2, -0.15) is 0 Å². The van der Waals surface area contributed by atoms with Crippen molar-refractivity contribution in [1.82, 2.24) is 10.2 Å². The van der Waals surface area contributed by atoms with Gasteiger partial charge in [0, 0.05) is 12.1 Å². The van der Waals surface area contributed by atoms with E-state index in [1.54, 1.807) is 0 Å². The highest BCUT2D eigenvalue weighted by atomic mass is 15.1. The van der Waals surface area contributed by atoms with Crippen LogP contribution in [0.5, 0.6) is 0 Å². The molecule has 0 radical (unpaired) electrons. The fourth-order valence-corrected chi connectivity index (χ4v) is 2.71. The Kier molecular flexibility index (Phi) is 8.70. The van der Waals surface area contributed by atoms with Gasteiger partial charge < -0.3 is 10.2 Å². The maximum atomic E-state index is 3.77. The second kappa shape index (κ2) is 9.80. The van der Waals surface area contributed by atoms with Crippen LogP contribution >= 0.6 is 0 Å². The first kappa shape index (κ1) is 16.0. The Balaban J connectivity index is 1.99. The Hall–Kier alpha value is -0.0800. The molecular weight excluding hydrogens is 220 g/mol. The molecule has 1 saturated carbocycles. The largest absolute Gasteiger partial charge is 0.314 e. The van der Waals surface area contributed by atoms with Crippen molar-refractivity contribution in [2.45, 2.75) is 83.7 Å². The number of hydrogen-bond donors (Lipinski definition) is 1. The van der Waals surface area contributed by atoms with E-state index in [0.29, 0.717) is 6.04 Å². The van der Waals surface area contributed by atoms with Crippen LogP contribution < -0.4 is 5.32 Å². The van der Waals surface area contributed by atoms with Crippen molar-refractivity contribution in [3.63, 3.8) is 0 Å². The standard InChI is InChI=1S/C16H34N2/c1-15(2)18(3)14-10-9-13-17-16-11-7-5-4-6-8-12-16/h15-17H,4-14H2,1-3H3. The highest BCUT2D eigenvalue weighted by molar-refractivity contribution is 4.69. The number of nitrogens with one attached hydrogen (secondary N) is 1. The van der Waals surface area contributed by atoms with Crippen LogP contribution in [0.1, 0.15) is 71.6 Å². The van der Waals surface area contributed by atoms with Gasteiger partial charge in [0.1, 0.15) is 0 Å². The van der Waals surface area contributed by atoms with Crippen LogP contribution in [-0.4, -0.2) is 37.1 Å². The predicted octanol–water partition coefficient (Wildman–Crippen LogP) is 3.81. The monoisotopic (exact) mass is 254 g/mol. The molecule has 0 heterocycles. The van der Waals surface area contributed by atoms with Crippen molar-refractivity contribution in [1.29, 1.82) is 0 Å². The second-order valence-corrected chi connectivity index (χ2v) is 6.28. The van der Waals surface area contributed by atoms with E-state index in [1.165, 1.54) is 70.9 Å². The van der Waals surface area contributed by atoms with Crippen LogP contribution in [0, 0.1) is 0 Å². The summed E-state index contributed by atoms with van der Waals surface area (Å²) in [6.45, 7) is 7.00. The Labute approximate surface area is 115 Å². The van der Waals surface area contributed by atoms with Crippen LogP contribution in [0.25, 0.3) is 0 Å². The van der Waals surface area contributed by atoms with Crippen LogP contribution in [0.3, 0.4) is 0 Å². The number of unbranched alkanes of at least 4 members (excludes halogenated alkanes) is 1. The first-order valence-electron chi connectivity index (χ1n) is 8.14. The zero-order chi connectivity index (χ0) is 13.2. The lowest BCUT2D eigenvalue weighted by Gasteiger charge is -2.22. The zero-order valence-corrected chi connectivity index (χ0v) is 12.9.